The van der Waals surface area contributed by atoms with Crippen molar-refractivity contribution in [3.63, 3.8) is 0 Å². The van der Waals surface area contributed by atoms with E-state index in [0.717, 1.165) is 11.3 Å². The Kier molecular flexibility index (Phi) is 5.62. The molecule has 1 aliphatic heterocycles. The van der Waals surface area contributed by atoms with Crippen LogP contribution in [0.2, 0.25) is 0 Å². The van der Waals surface area contributed by atoms with Crippen LogP contribution in [0.3, 0.4) is 0 Å². The summed E-state index contributed by atoms with van der Waals surface area (Å²) in [6.45, 7) is 7.40. The summed E-state index contributed by atoms with van der Waals surface area (Å²) in [4.78, 5) is 14.8. The van der Waals surface area contributed by atoms with Gasteiger partial charge in [0, 0.05) is 12.1 Å². The molecule has 0 spiro atoms. The zero-order valence-electron chi connectivity index (χ0n) is 15.9. The van der Waals surface area contributed by atoms with Crippen LogP contribution in [0.1, 0.15) is 41.7 Å². The van der Waals surface area contributed by atoms with Gasteiger partial charge in [0.2, 0.25) is 5.91 Å². The summed E-state index contributed by atoms with van der Waals surface area (Å²) in [6, 6.07) is 14.2. The van der Waals surface area contributed by atoms with Crippen molar-refractivity contribution in [2.75, 3.05) is 18.9 Å². The second-order valence-electron chi connectivity index (χ2n) is 7.28. The molecule has 2 unspecified atom stereocenters. The molecule has 0 aromatic heterocycles. The second kappa shape index (κ2) is 7.92. The van der Waals surface area contributed by atoms with Gasteiger partial charge in [0.05, 0.1) is 19.2 Å². The minimum atomic E-state index is -0.0585. The lowest BCUT2D eigenvalue weighted by Gasteiger charge is -2.39. The maximum absolute atomic E-state index is 12.9. The summed E-state index contributed by atoms with van der Waals surface area (Å²) < 4.78 is 6.06. The molecule has 4 nitrogen and oxygen atoms in total. The van der Waals surface area contributed by atoms with Crippen LogP contribution in [0.4, 0.5) is 5.69 Å². The highest BCUT2D eigenvalue weighted by atomic mass is 16.5. The first-order chi connectivity index (χ1) is 12.5. The molecular formula is C22H28N2O2. The number of ether oxygens (including phenoxy) is 1. The molecule has 138 valence electrons. The summed E-state index contributed by atoms with van der Waals surface area (Å²) in [5, 5.41) is 0. The number of hydrogen-bond acceptors (Lipinski definition) is 3. The van der Waals surface area contributed by atoms with Gasteiger partial charge < -0.3 is 15.4 Å². The number of benzene rings is 2. The summed E-state index contributed by atoms with van der Waals surface area (Å²) in [7, 11) is 0. The van der Waals surface area contributed by atoms with Crippen LogP contribution in [0.5, 0.6) is 0 Å². The average molecular weight is 352 g/mol. The third-order valence-electron chi connectivity index (χ3n) is 5.20. The van der Waals surface area contributed by atoms with Crippen molar-refractivity contribution in [2.45, 2.75) is 45.8 Å². The molecule has 4 heteroatoms. The SMILES string of the molecule is Cc1ccc(C)c(C2CN(C(=O)CCc3ccccc3N)C(C)CO2)c1. The lowest BCUT2D eigenvalue weighted by molar-refractivity contribution is -0.144. The van der Waals surface area contributed by atoms with Crippen molar-refractivity contribution in [1.82, 2.24) is 4.90 Å². The Labute approximate surface area is 156 Å². The minimum absolute atomic E-state index is 0.0585. The molecule has 1 saturated heterocycles. The fraction of sp³-hybridized carbons (Fsp3) is 0.409. The molecular weight excluding hydrogens is 324 g/mol. The summed E-state index contributed by atoms with van der Waals surface area (Å²) >= 11 is 0. The summed E-state index contributed by atoms with van der Waals surface area (Å²) in [5.41, 5.74) is 11.4. The van der Waals surface area contributed by atoms with Crippen LogP contribution in [0.15, 0.2) is 42.5 Å². The van der Waals surface area contributed by atoms with Crippen molar-refractivity contribution in [1.29, 1.82) is 0 Å². The smallest absolute Gasteiger partial charge is 0.223 e. The van der Waals surface area contributed by atoms with E-state index in [0.29, 0.717) is 26.0 Å². The van der Waals surface area contributed by atoms with E-state index in [9.17, 15) is 4.79 Å². The van der Waals surface area contributed by atoms with Gasteiger partial charge >= 0.3 is 0 Å². The number of nitrogens with zero attached hydrogens (tertiary/aromatic N) is 1. The van der Waals surface area contributed by atoms with Crippen LogP contribution in [-0.4, -0.2) is 30.0 Å². The number of nitrogen functional groups attached to an aromatic ring is 1. The third kappa shape index (κ3) is 4.07. The number of morpholine rings is 1. The van der Waals surface area contributed by atoms with E-state index in [1.807, 2.05) is 36.1 Å². The molecule has 1 aliphatic rings. The molecule has 1 heterocycles. The van der Waals surface area contributed by atoms with E-state index in [4.69, 9.17) is 10.5 Å². The average Bonchev–Trinajstić information content (AvgIpc) is 2.63. The van der Waals surface area contributed by atoms with Crippen molar-refractivity contribution >= 4 is 11.6 Å². The van der Waals surface area contributed by atoms with Gasteiger partial charge in [-0.05, 0) is 49.9 Å². The molecule has 2 N–H and O–H groups in total. The third-order valence-corrected chi connectivity index (χ3v) is 5.20. The first-order valence-corrected chi connectivity index (χ1v) is 9.27. The molecule has 0 aliphatic carbocycles. The molecule has 0 radical (unpaired) electrons. The minimum Gasteiger partial charge on any atom is -0.399 e. The Bertz CT molecular complexity index is 787. The Morgan fingerprint density at radius 1 is 1.23 bits per heavy atom. The van der Waals surface area contributed by atoms with Gasteiger partial charge in [0.15, 0.2) is 0 Å². The van der Waals surface area contributed by atoms with E-state index in [1.165, 1.54) is 16.7 Å². The molecule has 0 saturated carbocycles. The van der Waals surface area contributed by atoms with Crippen LogP contribution < -0.4 is 5.73 Å². The van der Waals surface area contributed by atoms with E-state index >= 15 is 0 Å². The van der Waals surface area contributed by atoms with Crippen LogP contribution in [0.25, 0.3) is 0 Å². The molecule has 2 aromatic rings. The number of hydrogen-bond donors (Lipinski definition) is 1. The fourth-order valence-corrected chi connectivity index (χ4v) is 3.55. The zero-order valence-corrected chi connectivity index (χ0v) is 15.9. The molecule has 26 heavy (non-hydrogen) atoms. The van der Waals surface area contributed by atoms with Gasteiger partial charge in [-0.2, -0.15) is 0 Å². The first kappa shape index (κ1) is 18.5. The van der Waals surface area contributed by atoms with Gasteiger partial charge in [-0.1, -0.05) is 42.0 Å². The number of carbonyl (C=O) groups is 1. The molecule has 1 fully saturated rings. The highest BCUT2D eigenvalue weighted by molar-refractivity contribution is 5.77. The van der Waals surface area contributed by atoms with E-state index < -0.39 is 0 Å². The maximum Gasteiger partial charge on any atom is 0.223 e. The largest absolute Gasteiger partial charge is 0.399 e. The second-order valence-corrected chi connectivity index (χ2v) is 7.28. The van der Waals surface area contributed by atoms with Gasteiger partial charge in [-0.15, -0.1) is 0 Å². The van der Waals surface area contributed by atoms with Crippen LogP contribution >= 0.6 is 0 Å². The maximum atomic E-state index is 12.9. The number of amides is 1. The van der Waals surface area contributed by atoms with E-state index in [1.54, 1.807) is 0 Å². The molecule has 0 bridgehead atoms. The zero-order chi connectivity index (χ0) is 18.7. The Hall–Kier alpha value is -2.33. The van der Waals surface area contributed by atoms with E-state index in [2.05, 4.69) is 32.0 Å². The van der Waals surface area contributed by atoms with Gasteiger partial charge in [0.1, 0.15) is 6.10 Å². The van der Waals surface area contributed by atoms with Crippen molar-refractivity contribution in [2.24, 2.45) is 0 Å². The number of para-hydroxylation sites is 1. The van der Waals surface area contributed by atoms with Crippen molar-refractivity contribution < 1.29 is 9.53 Å². The lowest BCUT2D eigenvalue weighted by atomic mass is 9.98. The number of anilines is 1. The summed E-state index contributed by atoms with van der Waals surface area (Å²) in [5.74, 6) is 0.166. The lowest BCUT2D eigenvalue weighted by Crippen LogP contribution is -2.48. The van der Waals surface area contributed by atoms with Gasteiger partial charge in [0.25, 0.3) is 0 Å². The first-order valence-electron chi connectivity index (χ1n) is 9.27. The molecule has 3 rings (SSSR count). The topological polar surface area (TPSA) is 55.6 Å². The Morgan fingerprint density at radius 3 is 2.77 bits per heavy atom. The monoisotopic (exact) mass is 352 g/mol. The van der Waals surface area contributed by atoms with Gasteiger partial charge in [-0.25, -0.2) is 0 Å². The molecule has 2 atom stereocenters. The van der Waals surface area contributed by atoms with Crippen molar-refractivity contribution in [3.05, 3.63) is 64.7 Å². The fourth-order valence-electron chi connectivity index (χ4n) is 3.55. The number of aryl methyl sites for hydroxylation is 3. The number of carbonyl (C=O) groups excluding carboxylic acids is 1. The Morgan fingerprint density at radius 2 is 2.00 bits per heavy atom. The van der Waals surface area contributed by atoms with Crippen LogP contribution in [0, 0.1) is 13.8 Å². The summed E-state index contributed by atoms with van der Waals surface area (Å²) in [6.07, 6.45) is 1.08. The molecule has 1 amide bonds. The number of nitrogens with two attached hydrogens (primary N) is 1. The van der Waals surface area contributed by atoms with E-state index in [-0.39, 0.29) is 18.1 Å². The normalized spacial score (nSPS) is 20.2. The Balaban J connectivity index is 1.69. The van der Waals surface area contributed by atoms with Crippen LogP contribution in [-0.2, 0) is 16.0 Å². The van der Waals surface area contributed by atoms with Crippen molar-refractivity contribution in [3.8, 4) is 0 Å². The molecule has 2 aromatic carbocycles. The predicted octanol–water partition coefficient (Wildman–Crippen LogP) is 3.81. The predicted molar refractivity (Wildman–Crippen MR) is 105 cm³/mol. The number of rotatable bonds is 4. The highest BCUT2D eigenvalue weighted by Gasteiger charge is 2.30. The standard InChI is InChI=1S/C22H28N2O2/c1-15-8-9-16(2)19(12-15)21-13-24(17(3)14-26-21)22(25)11-10-18-6-4-5-7-20(18)23/h4-9,12,17,21H,10-11,13-14,23H2,1-3H3. The quantitative estimate of drug-likeness (QED) is 0.852. The van der Waals surface area contributed by atoms with Gasteiger partial charge in [-0.3, -0.25) is 4.79 Å². The highest BCUT2D eigenvalue weighted by Crippen LogP contribution is 2.28.